The maximum atomic E-state index is 5.81. The van der Waals surface area contributed by atoms with Gasteiger partial charge >= 0.3 is 0 Å². The van der Waals surface area contributed by atoms with Gasteiger partial charge < -0.3 is 14.5 Å². The van der Waals surface area contributed by atoms with E-state index in [1.54, 1.807) is 0 Å². The summed E-state index contributed by atoms with van der Waals surface area (Å²) in [5.41, 5.74) is 2.79. The van der Waals surface area contributed by atoms with Crippen molar-refractivity contribution in [3.63, 3.8) is 0 Å². The summed E-state index contributed by atoms with van der Waals surface area (Å²) >= 11 is 0. The summed E-state index contributed by atoms with van der Waals surface area (Å²) in [6.07, 6.45) is 2.33. The number of hydrogen-bond acceptors (Lipinski definition) is 3. The molecule has 0 radical (unpaired) electrons. The molecule has 0 N–H and O–H groups in total. The average molecular weight is 304 g/mol. The van der Waals surface area contributed by atoms with Crippen LogP contribution in [0.25, 0.3) is 0 Å². The SMILES string of the molecule is CCOc1ccc(C(C)C)cc1CCCN1CCN(C)CC1. The Bertz CT molecular complexity index is 451. The molecule has 1 fully saturated rings. The first-order valence-electron chi connectivity index (χ1n) is 8.76. The predicted molar refractivity (Wildman–Crippen MR) is 94.0 cm³/mol. The van der Waals surface area contributed by atoms with E-state index in [-0.39, 0.29) is 0 Å². The normalized spacial score (nSPS) is 17.1. The number of hydrogen-bond donors (Lipinski definition) is 0. The molecule has 0 aromatic heterocycles. The van der Waals surface area contributed by atoms with Crippen LogP contribution < -0.4 is 4.74 Å². The van der Waals surface area contributed by atoms with Crippen LogP contribution in [0.3, 0.4) is 0 Å². The van der Waals surface area contributed by atoms with E-state index in [0.29, 0.717) is 5.92 Å². The molecule has 0 bridgehead atoms. The van der Waals surface area contributed by atoms with E-state index in [4.69, 9.17) is 4.74 Å². The van der Waals surface area contributed by atoms with E-state index >= 15 is 0 Å². The second-order valence-electron chi connectivity index (χ2n) is 6.70. The molecule has 1 aromatic carbocycles. The molecule has 3 nitrogen and oxygen atoms in total. The van der Waals surface area contributed by atoms with Gasteiger partial charge in [0, 0.05) is 26.2 Å². The van der Waals surface area contributed by atoms with Gasteiger partial charge in [-0.2, -0.15) is 0 Å². The second kappa shape index (κ2) is 8.54. The zero-order valence-corrected chi connectivity index (χ0v) is 14.8. The maximum absolute atomic E-state index is 5.81. The summed E-state index contributed by atoms with van der Waals surface area (Å²) in [6.45, 7) is 13.3. The van der Waals surface area contributed by atoms with Crippen LogP contribution in [0.5, 0.6) is 5.75 Å². The standard InChI is InChI=1S/C19H32N2O/c1-5-22-19-9-8-17(16(2)3)15-18(19)7-6-10-21-13-11-20(4)12-14-21/h8-9,15-16H,5-7,10-14H2,1-4H3. The van der Waals surface area contributed by atoms with E-state index in [9.17, 15) is 0 Å². The quantitative estimate of drug-likeness (QED) is 0.768. The van der Waals surface area contributed by atoms with Crippen molar-refractivity contribution in [1.29, 1.82) is 0 Å². The first kappa shape index (κ1) is 17.3. The lowest BCUT2D eigenvalue weighted by Crippen LogP contribution is -2.44. The molecule has 0 saturated carbocycles. The Morgan fingerprint density at radius 2 is 1.86 bits per heavy atom. The lowest BCUT2D eigenvalue weighted by molar-refractivity contribution is 0.153. The van der Waals surface area contributed by atoms with E-state index in [2.05, 4.69) is 55.8 Å². The maximum Gasteiger partial charge on any atom is 0.122 e. The van der Waals surface area contributed by atoms with Crippen LogP contribution in [-0.4, -0.2) is 56.2 Å². The highest BCUT2D eigenvalue weighted by Gasteiger charge is 2.14. The van der Waals surface area contributed by atoms with Crippen LogP contribution in [0.4, 0.5) is 0 Å². The molecule has 0 unspecified atom stereocenters. The summed E-state index contributed by atoms with van der Waals surface area (Å²) < 4.78 is 5.81. The third kappa shape index (κ3) is 4.99. The Kier molecular flexibility index (Phi) is 6.71. The molecule has 1 aliphatic heterocycles. The van der Waals surface area contributed by atoms with Crippen molar-refractivity contribution in [3.8, 4) is 5.75 Å². The highest BCUT2D eigenvalue weighted by molar-refractivity contribution is 5.38. The van der Waals surface area contributed by atoms with Crippen LogP contribution in [0, 0.1) is 0 Å². The summed E-state index contributed by atoms with van der Waals surface area (Å²) in [4.78, 5) is 5.00. The van der Waals surface area contributed by atoms with E-state index in [1.165, 1.54) is 50.3 Å². The van der Waals surface area contributed by atoms with Gasteiger partial charge in [0.2, 0.25) is 0 Å². The Balaban J connectivity index is 1.91. The topological polar surface area (TPSA) is 15.7 Å². The van der Waals surface area contributed by atoms with Gasteiger partial charge in [-0.15, -0.1) is 0 Å². The lowest BCUT2D eigenvalue weighted by atomic mass is 9.98. The highest BCUT2D eigenvalue weighted by atomic mass is 16.5. The minimum absolute atomic E-state index is 0.576. The van der Waals surface area contributed by atoms with E-state index in [1.807, 2.05) is 0 Å². The van der Waals surface area contributed by atoms with Crippen molar-refractivity contribution in [3.05, 3.63) is 29.3 Å². The molecule has 0 aliphatic carbocycles. The molecule has 0 atom stereocenters. The molecule has 1 aromatic rings. The average Bonchev–Trinajstić information content (AvgIpc) is 2.51. The van der Waals surface area contributed by atoms with Crippen LogP contribution in [0.1, 0.15) is 44.2 Å². The smallest absolute Gasteiger partial charge is 0.122 e. The number of rotatable bonds is 7. The van der Waals surface area contributed by atoms with Gasteiger partial charge in [-0.1, -0.05) is 26.0 Å². The number of likely N-dealkylation sites (N-methyl/N-ethyl adjacent to an activating group) is 1. The van der Waals surface area contributed by atoms with Crippen molar-refractivity contribution in [1.82, 2.24) is 9.80 Å². The van der Waals surface area contributed by atoms with E-state index < -0.39 is 0 Å². The van der Waals surface area contributed by atoms with Crippen molar-refractivity contribution < 1.29 is 4.74 Å². The minimum atomic E-state index is 0.576. The highest BCUT2D eigenvalue weighted by Crippen LogP contribution is 2.25. The molecule has 124 valence electrons. The van der Waals surface area contributed by atoms with Gasteiger partial charge in [-0.3, -0.25) is 0 Å². The number of aryl methyl sites for hydroxylation is 1. The molecule has 1 heterocycles. The zero-order chi connectivity index (χ0) is 15.9. The molecular weight excluding hydrogens is 272 g/mol. The Hall–Kier alpha value is -1.06. The lowest BCUT2D eigenvalue weighted by Gasteiger charge is -2.32. The molecule has 0 spiro atoms. The first-order chi connectivity index (χ1) is 10.6. The molecule has 2 rings (SSSR count). The van der Waals surface area contributed by atoms with Gasteiger partial charge in [0.25, 0.3) is 0 Å². The van der Waals surface area contributed by atoms with Crippen LogP contribution in [-0.2, 0) is 6.42 Å². The van der Waals surface area contributed by atoms with Gasteiger partial charge in [-0.05, 0) is 56.5 Å². The molecule has 3 heteroatoms. The number of nitrogens with zero attached hydrogens (tertiary/aromatic N) is 2. The second-order valence-corrected chi connectivity index (χ2v) is 6.70. The largest absolute Gasteiger partial charge is 0.494 e. The van der Waals surface area contributed by atoms with Crippen LogP contribution in [0.2, 0.25) is 0 Å². The minimum Gasteiger partial charge on any atom is -0.494 e. The van der Waals surface area contributed by atoms with Crippen molar-refractivity contribution >= 4 is 0 Å². The van der Waals surface area contributed by atoms with E-state index in [0.717, 1.165) is 18.8 Å². The first-order valence-corrected chi connectivity index (χ1v) is 8.76. The molecular formula is C19H32N2O. The zero-order valence-electron chi connectivity index (χ0n) is 14.8. The van der Waals surface area contributed by atoms with Gasteiger partial charge in [0.1, 0.15) is 5.75 Å². The Morgan fingerprint density at radius 1 is 1.14 bits per heavy atom. The molecule has 1 aliphatic rings. The molecule has 22 heavy (non-hydrogen) atoms. The predicted octanol–water partition coefficient (Wildman–Crippen LogP) is 3.39. The number of piperazine rings is 1. The summed E-state index contributed by atoms with van der Waals surface area (Å²) in [7, 11) is 2.21. The van der Waals surface area contributed by atoms with Gasteiger partial charge in [-0.25, -0.2) is 0 Å². The Labute approximate surface area is 136 Å². The fourth-order valence-electron chi connectivity index (χ4n) is 3.01. The van der Waals surface area contributed by atoms with Crippen molar-refractivity contribution in [2.45, 2.75) is 39.5 Å². The summed E-state index contributed by atoms with van der Waals surface area (Å²) in [5.74, 6) is 1.65. The fraction of sp³-hybridized carbons (Fsp3) is 0.684. The van der Waals surface area contributed by atoms with Gasteiger partial charge in [0.05, 0.1) is 6.61 Å². The molecule has 1 saturated heterocycles. The third-order valence-corrected chi connectivity index (χ3v) is 4.57. The summed E-state index contributed by atoms with van der Waals surface area (Å²) in [5, 5.41) is 0. The number of ether oxygens (including phenoxy) is 1. The fourth-order valence-corrected chi connectivity index (χ4v) is 3.01. The number of benzene rings is 1. The summed E-state index contributed by atoms with van der Waals surface area (Å²) in [6, 6.07) is 6.71. The van der Waals surface area contributed by atoms with Crippen LogP contribution in [0.15, 0.2) is 18.2 Å². The Morgan fingerprint density at radius 3 is 2.50 bits per heavy atom. The molecule has 0 amide bonds. The monoisotopic (exact) mass is 304 g/mol. The van der Waals surface area contributed by atoms with Crippen molar-refractivity contribution in [2.75, 3.05) is 46.4 Å². The third-order valence-electron chi connectivity index (χ3n) is 4.57. The van der Waals surface area contributed by atoms with Crippen molar-refractivity contribution in [2.24, 2.45) is 0 Å². The van der Waals surface area contributed by atoms with Gasteiger partial charge in [0.15, 0.2) is 0 Å². The van der Waals surface area contributed by atoms with Crippen LogP contribution >= 0.6 is 0 Å².